The first-order chi connectivity index (χ1) is 21.0. The highest BCUT2D eigenvalue weighted by molar-refractivity contribution is 6.32. The lowest BCUT2D eigenvalue weighted by Gasteiger charge is -2.37. The number of hydrogen-bond donors (Lipinski definition) is 0. The number of Topliss-reactive ketones (excluding diaryl/α,β-unsaturated/α-hetero) is 3. The number of para-hydroxylation sites is 1. The van der Waals surface area contributed by atoms with Gasteiger partial charge in [-0.25, -0.2) is 0 Å². The second-order valence-electron chi connectivity index (χ2n) is 10.9. The molecule has 0 aromatic heterocycles. The Labute approximate surface area is 249 Å². The largest absolute Gasteiger partial charge is 0.493 e. The molecule has 0 radical (unpaired) electrons. The predicted octanol–water partition coefficient (Wildman–Crippen LogP) is 6.03. The normalized spacial score (nSPS) is 20.9. The summed E-state index contributed by atoms with van der Waals surface area (Å²) in [6.07, 6.45) is 3.85. The smallest absolute Gasteiger partial charge is 0.203 e. The fourth-order valence-electron chi connectivity index (χ4n) is 7.40. The van der Waals surface area contributed by atoms with Gasteiger partial charge in [-0.3, -0.25) is 14.4 Å². The molecule has 0 saturated carbocycles. The van der Waals surface area contributed by atoms with Crippen LogP contribution in [0.4, 0.5) is 5.69 Å². The van der Waals surface area contributed by atoms with Crippen molar-refractivity contribution in [3.8, 4) is 17.2 Å². The molecule has 2 heterocycles. The summed E-state index contributed by atoms with van der Waals surface area (Å²) in [6, 6.07) is 25.5. The van der Waals surface area contributed by atoms with Gasteiger partial charge in [0.15, 0.2) is 28.8 Å². The minimum absolute atomic E-state index is 0.203. The molecule has 2 aliphatic heterocycles. The average molecular weight is 572 g/mol. The van der Waals surface area contributed by atoms with Gasteiger partial charge in [-0.15, -0.1) is 0 Å². The van der Waals surface area contributed by atoms with Gasteiger partial charge >= 0.3 is 0 Å². The van der Waals surface area contributed by atoms with E-state index in [1.165, 1.54) is 21.3 Å². The van der Waals surface area contributed by atoms with Crippen LogP contribution in [0.15, 0.2) is 97.1 Å². The number of benzene rings is 4. The molecule has 1 fully saturated rings. The summed E-state index contributed by atoms with van der Waals surface area (Å²) in [6.45, 7) is 0. The van der Waals surface area contributed by atoms with Gasteiger partial charge in [0.25, 0.3) is 0 Å². The first-order valence-corrected chi connectivity index (χ1v) is 14.1. The molecule has 4 aromatic carbocycles. The molecule has 3 atom stereocenters. The third-order valence-electron chi connectivity index (χ3n) is 9.11. The topological polar surface area (TPSA) is 82.1 Å². The van der Waals surface area contributed by atoms with Gasteiger partial charge in [0.1, 0.15) is 11.5 Å². The standard InChI is InChI=1S/C36H29NO6/c1-41-27-19-18-25(32(42-2)33(27)43-3)29-30(31(38)22-12-5-4-6-13-22)37-26-16-10-7-11-21(26)17-20-28(37)36(29)34(39)23-14-8-9-15-24(23)35(36)40/h4-20,28-30H,1-3H3/t28-,29+,30-/m0/s1. The van der Waals surface area contributed by atoms with Crippen LogP contribution in [0, 0.1) is 5.41 Å². The van der Waals surface area contributed by atoms with Gasteiger partial charge in [0.2, 0.25) is 5.75 Å². The molecular weight excluding hydrogens is 542 g/mol. The number of rotatable bonds is 6. The number of fused-ring (bicyclic) bond motifs is 5. The van der Waals surface area contributed by atoms with Gasteiger partial charge in [-0.2, -0.15) is 0 Å². The number of nitrogens with zero attached hydrogens (tertiary/aromatic N) is 1. The van der Waals surface area contributed by atoms with Crippen LogP contribution in [0.1, 0.15) is 48.1 Å². The van der Waals surface area contributed by atoms with Gasteiger partial charge < -0.3 is 19.1 Å². The Balaban J connectivity index is 1.59. The molecule has 43 heavy (non-hydrogen) atoms. The number of anilines is 1. The molecule has 1 spiro atoms. The maximum atomic E-state index is 14.9. The van der Waals surface area contributed by atoms with Crippen LogP contribution in [0.2, 0.25) is 0 Å². The first kappa shape index (κ1) is 26.7. The van der Waals surface area contributed by atoms with Crippen molar-refractivity contribution in [2.45, 2.75) is 18.0 Å². The minimum atomic E-state index is -1.66. The summed E-state index contributed by atoms with van der Waals surface area (Å²) < 4.78 is 17.3. The van der Waals surface area contributed by atoms with Crippen molar-refractivity contribution in [3.63, 3.8) is 0 Å². The van der Waals surface area contributed by atoms with E-state index in [0.29, 0.717) is 39.5 Å². The molecule has 7 rings (SSSR count). The third kappa shape index (κ3) is 3.51. The zero-order valence-electron chi connectivity index (χ0n) is 23.9. The Kier molecular flexibility index (Phi) is 6.20. The summed E-state index contributed by atoms with van der Waals surface area (Å²) in [5.41, 5.74) is 1.74. The Morgan fingerprint density at radius 3 is 2.00 bits per heavy atom. The molecule has 1 aliphatic carbocycles. The van der Waals surface area contributed by atoms with E-state index in [1.807, 2.05) is 59.5 Å². The second-order valence-corrected chi connectivity index (χ2v) is 10.9. The predicted molar refractivity (Wildman–Crippen MR) is 163 cm³/mol. The van der Waals surface area contributed by atoms with Crippen LogP contribution in [0.3, 0.4) is 0 Å². The third-order valence-corrected chi connectivity index (χ3v) is 9.11. The van der Waals surface area contributed by atoms with Crippen LogP contribution >= 0.6 is 0 Å². The Hall–Kier alpha value is -5.17. The number of ether oxygens (including phenoxy) is 3. The van der Waals surface area contributed by atoms with E-state index in [-0.39, 0.29) is 17.3 Å². The van der Waals surface area contributed by atoms with Gasteiger partial charge in [-0.05, 0) is 17.7 Å². The highest BCUT2D eigenvalue weighted by Gasteiger charge is 2.72. The average Bonchev–Trinajstić information content (AvgIpc) is 3.49. The highest BCUT2D eigenvalue weighted by Crippen LogP contribution is 2.63. The van der Waals surface area contributed by atoms with Crippen molar-refractivity contribution in [3.05, 3.63) is 125 Å². The number of methoxy groups -OCH3 is 3. The van der Waals surface area contributed by atoms with Gasteiger partial charge in [-0.1, -0.05) is 91.0 Å². The van der Waals surface area contributed by atoms with Crippen molar-refractivity contribution >= 4 is 29.1 Å². The highest BCUT2D eigenvalue weighted by atomic mass is 16.5. The molecule has 3 aliphatic rings. The molecule has 1 saturated heterocycles. The number of ketones is 3. The van der Waals surface area contributed by atoms with Crippen LogP contribution in [-0.4, -0.2) is 50.8 Å². The SMILES string of the molecule is COc1ccc([C@@H]2[C@@H](C(=O)c3ccccc3)N3c4ccccc4C=C[C@H]3C23C(=O)c2ccccc2C3=O)c(OC)c1OC. The van der Waals surface area contributed by atoms with E-state index < -0.39 is 23.4 Å². The van der Waals surface area contributed by atoms with Crippen LogP contribution < -0.4 is 19.1 Å². The van der Waals surface area contributed by atoms with Crippen molar-refractivity contribution in [1.29, 1.82) is 0 Å². The van der Waals surface area contributed by atoms with E-state index in [4.69, 9.17) is 14.2 Å². The Morgan fingerprint density at radius 2 is 1.35 bits per heavy atom. The summed E-state index contributed by atoms with van der Waals surface area (Å²) in [4.78, 5) is 46.5. The van der Waals surface area contributed by atoms with E-state index in [9.17, 15) is 14.4 Å². The van der Waals surface area contributed by atoms with Gasteiger partial charge in [0.05, 0.1) is 27.4 Å². The van der Waals surface area contributed by atoms with Crippen LogP contribution in [-0.2, 0) is 0 Å². The van der Waals surface area contributed by atoms with Crippen LogP contribution in [0.5, 0.6) is 17.2 Å². The fourth-order valence-corrected chi connectivity index (χ4v) is 7.40. The monoisotopic (exact) mass is 571 g/mol. The molecule has 214 valence electrons. The van der Waals surface area contributed by atoms with E-state index in [2.05, 4.69) is 0 Å². The molecular formula is C36H29NO6. The van der Waals surface area contributed by atoms with Gasteiger partial charge in [0, 0.05) is 33.9 Å². The molecule has 0 amide bonds. The zero-order valence-corrected chi connectivity index (χ0v) is 23.9. The molecule has 0 unspecified atom stereocenters. The van der Waals surface area contributed by atoms with E-state index in [0.717, 1.165) is 11.3 Å². The van der Waals surface area contributed by atoms with Crippen molar-refractivity contribution in [2.75, 3.05) is 26.2 Å². The zero-order chi connectivity index (χ0) is 29.9. The maximum Gasteiger partial charge on any atom is 0.203 e. The quantitative estimate of drug-likeness (QED) is 0.207. The first-order valence-electron chi connectivity index (χ1n) is 14.1. The molecule has 0 N–H and O–H groups in total. The molecule has 7 heteroatoms. The lowest BCUT2D eigenvalue weighted by molar-refractivity contribution is 0.0664. The lowest BCUT2D eigenvalue weighted by Crippen LogP contribution is -2.48. The summed E-state index contributed by atoms with van der Waals surface area (Å²) in [7, 11) is 4.54. The maximum absolute atomic E-state index is 14.9. The summed E-state index contributed by atoms with van der Waals surface area (Å²) >= 11 is 0. The number of carbonyl (C=O) groups excluding carboxylic acids is 3. The summed E-state index contributed by atoms with van der Waals surface area (Å²) in [5, 5.41) is 0. The number of hydrogen-bond acceptors (Lipinski definition) is 7. The van der Waals surface area contributed by atoms with Crippen molar-refractivity contribution in [2.24, 2.45) is 5.41 Å². The fraction of sp³-hybridized carbons (Fsp3) is 0.194. The Bertz CT molecular complexity index is 1790. The molecule has 0 bridgehead atoms. The van der Waals surface area contributed by atoms with Crippen LogP contribution in [0.25, 0.3) is 6.08 Å². The molecule has 4 aromatic rings. The van der Waals surface area contributed by atoms with Crippen molar-refractivity contribution < 1.29 is 28.6 Å². The number of carbonyl (C=O) groups is 3. The van der Waals surface area contributed by atoms with Crippen molar-refractivity contribution in [1.82, 2.24) is 0 Å². The van der Waals surface area contributed by atoms with E-state index >= 15 is 0 Å². The second kappa shape index (κ2) is 9.98. The molecule has 7 nitrogen and oxygen atoms in total. The van der Waals surface area contributed by atoms with E-state index in [1.54, 1.807) is 48.5 Å². The minimum Gasteiger partial charge on any atom is -0.493 e. The summed E-state index contributed by atoms with van der Waals surface area (Å²) in [5.74, 6) is -0.703. The Morgan fingerprint density at radius 1 is 0.721 bits per heavy atom. The lowest BCUT2D eigenvalue weighted by atomic mass is 9.64.